The van der Waals surface area contributed by atoms with Crippen LogP contribution in [-0.4, -0.2) is 51.5 Å². The molecule has 1 amide bonds. The molecular formula is C15H16ClN5O3. The Labute approximate surface area is 143 Å². The lowest BCUT2D eigenvalue weighted by molar-refractivity contribution is -0.384. The Hall–Kier alpha value is -2.61. The first-order valence-electron chi connectivity index (χ1n) is 7.43. The number of nitro groups is 1. The van der Waals surface area contributed by atoms with E-state index in [1.54, 1.807) is 11.1 Å². The molecule has 0 bridgehead atoms. The molecule has 1 aliphatic rings. The quantitative estimate of drug-likeness (QED) is 0.624. The number of imidazole rings is 1. The monoisotopic (exact) mass is 349 g/mol. The van der Waals surface area contributed by atoms with Crippen molar-refractivity contribution in [1.82, 2.24) is 14.5 Å². The minimum Gasteiger partial charge on any atom is -0.339 e. The molecule has 0 N–H and O–H groups in total. The van der Waals surface area contributed by atoms with Crippen LogP contribution in [0.3, 0.4) is 0 Å². The summed E-state index contributed by atoms with van der Waals surface area (Å²) < 4.78 is 1.94. The van der Waals surface area contributed by atoms with E-state index in [1.165, 1.54) is 18.2 Å². The van der Waals surface area contributed by atoms with Crippen molar-refractivity contribution >= 4 is 29.1 Å². The third-order valence-electron chi connectivity index (χ3n) is 4.04. The SMILES string of the molecule is Cn1ccnc1N1CCN(C(=O)c2ccc([N+](=O)[O-])cc2Cl)CC1. The number of carbonyl (C=O) groups excluding carboxylic acids is 1. The number of hydrogen-bond donors (Lipinski definition) is 0. The molecule has 9 heteroatoms. The molecule has 2 aromatic rings. The van der Waals surface area contributed by atoms with Gasteiger partial charge in [-0.1, -0.05) is 11.6 Å². The number of rotatable bonds is 3. The number of benzene rings is 1. The topological polar surface area (TPSA) is 84.5 Å². The molecule has 0 spiro atoms. The fourth-order valence-electron chi connectivity index (χ4n) is 2.73. The molecule has 126 valence electrons. The molecule has 1 aliphatic heterocycles. The average Bonchev–Trinajstić information content (AvgIpc) is 3.00. The molecule has 1 aromatic heterocycles. The highest BCUT2D eigenvalue weighted by molar-refractivity contribution is 6.34. The van der Waals surface area contributed by atoms with Gasteiger partial charge in [0.05, 0.1) is 15.5 Å². The Morgan fingerprint density at radius 2 is 2.00 bits per heavy atom. The number of hydrogen-bond acceptors (Lipinski definition) is 5. The first-order chi connectivity index (χ1) is 11.5. The summed E-state index contributed by atoms with van der Waals surface area (Å²) in [5.41, 5.74) is 0.156. The Balaban J connectivity index is 1.69. The second-order valence-electron chi connectivity index (χ2n) is 5.54. The van der Waals surface area contributed by atoms with Crippen LogP contribution in [0, 0.1) is 10.1 Å². The Morgan fingerprint density at radius 3 is 2.54 bits per heavy atom. The number of amides is 1. The average molecular weight is 350 g/mol. The van der Waals surface area contributed by atoms with Gasteiger partial charge in [0.25, 0.3) is 11.6 Å². The number of carbonyl (C=O) groups is 1. The van der Waals surface area contributed by atoms with Crippen molar-refractivity contribution in [3.05, 3.63) is 51.3 Å². The van der Waals surface area contributed by atoms with Gasteiger partial charge in [-0.15, -0.1) is 0 Å². The first-order valence-corrected chi connectivity index (χ1v) is 7.80. The van der Waals surface area contributed by atoms with Gasteiger partial charge in [-0.25, -0.2) is 4.98 Å². The van der Waals surface area contributed by atoms with Gasteiger partial charge in [0.15, 0.2) is 0 Å². The van der Waals surface area contributed by atoms with Crippen molar-refractivity contribution in [3.63, 3.8) is 0 Å². The number of anilines is 1. The van der Waals surface area contributed by atoms with Crippen molar-refractivity contribution in [1.29, 1.82) is 0 Å². The van der Waals surface area contributed by atoms with Crippen LogP contribution >= 0.6 is 11.6 Å². The summed E-state index contributed by atoms with van der Waals surface area (Å²) in [5.74, 6) is 0.657. The number of aryl methyl sites for hydroxylation is 1. The van der Waals surface area contributed by atoms with E-state index in [9.17, 15) is 14.9 Å². The van der Waals surface area contributed by atoms with Crippen LogP contribution < -0.4 is 4.90 Å². The maximum atomic E-state index is 12.6. The highest BCUT2D eigenvalue weighted by atomic mass is 35.5. The van der Waals surface area contributed by atoms with Crippen LogP contribution in [0.15, 0.2) is 30.6 Å². The molecule has 8 nitrogen and oxygen atoms in total. The van der Waals surface area contributed by atoms with Gasteiger partial charge in [0.2, 0.25) is 5.95 Å². The summed E-state index contributed by atoms with van der Waals surface area (Å²) in [7, 11) is 1.93. The van der Waals surface area contributed by atoms with E-state index in [1.807, 2.05) is 17.8 Å². The van der Waals surface area contributed by atoms with Gasteiger partial charge < -0.3 is 14.4 Å². The molecule has 2 heterocycles. The van der Waals surface area contributed by atoms with E-state index in [-0.39, 0.29) is 22.2 Å². The van der Waals surface area contributed by atoms with E-state index in [0.29, 0.717) is 26.2 Å². The van der Waals surface area contributed by atoms with Crippen LogP contribution in [0.1, 0.15) is 10.4 Å². The number of nitrogens with zero attached hydrogens (tertiary/aromatic N) is 5. The van der Waals surface area contributed by atoms with Crippen molar-refractivity contribution < 1.29 is 9.72 Å². The summed E-state index contributed by atoms with van der Waals surface area (Å²) >= 11 is 6.04. The third kappa shape index (κ3) is 3.05. The number of halogens is 1. The van der Waals surface area contributed by atoms with Crippen LogP contribution in [0.4, 0.5) is 11.6 Å². The molecule has 0 atom stereocenters. The number of piperazine rings is 1. The summed E-state index contributed by atoms with van der Waals surface area (Å²) in [4.78, 5) is 30.9. The molecule has 1 fully saturated rings. The standard InChI is InChI=1S/C15H16ClN5O3/c1-18-5-4-17-15(18)20-8-6-19(7-9-20)14(22)12-3-2-11(21(23)24)10-13(12)16/h2-5,10H,6-9H2,1H3. The smallest absolute Gasteiger partial charge is 0.270 e. The third-order valence-corrected chi connectivity index (χ3v) is 4.35. The van der Waals surface area contributed by atoms with E-state index in [4.69, 9.17) is 11.6 Å². The van der Waals surface area contributed by atoms with Crippen molar-refractivity contribution in [2.45, 2.75) is 0 Å². The van der Waals surface area contributed by atoms with Gasteiger partial charge >= 0.3 is 0 Å². The highest BCUT2D eigenvalue weighted by Crippen LogP contribution is 2.24. The van der Waals surface area contributed by atoms with Gasteiger partial charge in [0, 0.05) is 57.8 Å². The van der Waals surface area contributed by atoms with Gasteiger partial charge in [-0.3, -0.25) is 14.9 Å². The van der Waals surface area contributed by atoms with Crippen LogP contribution in [-0.2, 0) is 7.05 Å². The molecule has 0 unspecified atom stereocenters. The van der Waals surface area contributed by atoms with Crippen molar-refractivity contribution in [2.24, 2.45) is 7.05 Å². The normalized spacial score (nSPS) is 14.8. The molecule has 3 rings (SSSR count). The Morgan fingerprint density at radius 1 is 1.29 bits per heavy atom. The summed E-state index contributed by atoms with van der Waals surface area (Å²) in [6, 6.07) is 3.91. The molecule has 0 saturated carbocycles. The lowest BCUT2D eigenvalue weighted by atomic mass is 10.1. The minimum absolute atomic E-state index is 0.0979. The second kappa shape index (κ2) is 6.48. The second-order valence-corrected chi connectivity index (χ2v) is 5.95. The predicted molar refractivity (Wildman–Crippen MR) is 89.4 cm³/mol. The molecular weight excluding hydrogens is 334 g/mol. The summed E-state index contributed by atoms with van der Waals surface area (Å²) in [6.07, 6.45) is 3.62. The minimum atomic E-state index is -0.536. The number of aromatic nitrogens is 2. The predicted octanol–water partition coefficient (Wildman–Crippen LogP) is 1.94. The van der Waals surface area contributed by atoms with Gasteiger partial charge in [-0.2, -0.15) is 0 Å². The maximum absolute atomic E-state index is 12.6. The fourth-order valence-corrected chi connectivity index (χ4v) is 2.99. The summed E-state index contributed by atoms with van der Waals surface area (Å²) in [5, 5.41) is 10.8. The van der Waals surface area contributed by atoms with E-state index in [2.05, 4.69) is 9.88 Å². The number of nitro benzene ring substituents is 1. The lowest BCUT2D eigenvalue weighted by Crippen LogP contribution is -2.49. The fraction of sp³-hybridized carbons (Fsp3) is 0.333. The van der Waals surface area contributed by atoms with E-state index in [0.717, 1.165) is 5.95 Å². The lowest BCUT2D eigenvalue weighted by Gasteiger charge is -2.35. The van der Waals surface area contributed by atoms with E-state index < -0.39 is 4.92 Å². The summed E-state index contributed by atoms with van der Waals surface area (Å²) in [6.45, 7) is 2.42. The molecule has 24 heavy (non-hydrogen) atoms. The number of non-ortho nitro benzene ring substituents is 1. The molecule has 0 aliphatic carbocycles. The van der Waals surface area contributed by atoms with Crippen LogP contribution in [0.2, 0.25) is 5.02 Å². The van der Waals surface area contributed by atoms with E-state index >= 15 is 0 Å². The van der Waals surface area contributed by atoms with Gasteiger partial charge in [-0.05, 0) is 6.07 Å². The Kier molecular flexibility index (Phi) is 4.39. The first kappa shape index (κ1) is 16.3. The van der Waals surface area contributed by atoms with Crippen LogP contribution in [0.25, 0.3) is 0 Å². The Bertz CT molecular complexity index is 783. The molecule has 1 saturated heterocycles. The van der Waals surface area contributed by atoms with Crippen LogP contribution in [0.5, 0.6) is 0 Å². The van der Waals surface area contributed by atoms with Crippen molar-refractivity contribution in [3.8, 4) is 0 Å². The molecule has 1 aromatic carbocycles. The zero-order valence-corrected chi connectivity index (χ0v) is 13.8. The highest BCUT2D eigenvalue weighted by Gasteiger charge is 2.25. The largest absolute Gasteiger partial charge is 0.339 e. The van der Waals surface area contributed by atoms with Crippen molar-refractivity contribution in [2.75, 3.05) is 31.1 Å². The zero-order valence-electron chi connectivity index (χ0n) is 13.1. The van der Waals surface area contributed by atoms with Gasteiger partial charge in [0.1, 0.15) is 0 Å². The molecule has 0 radical (unpaired) electrons. The maximum Gasteiger partial charge on any atom is 0.270 e. The zero-order chi connectivity index (χ0) is 17.3.